The second kappa shape index (κ2) is 16.8. The van der Waals surface area contributed by atoms with Crippen LogP contribution in [0.2, 0.25) is 0 Å². The average Bonchev–Trinajstić information content (AvgIpc) is 3.64. The molecule has 8 atom stereocenters. The summed E-state index contributed by atoms with van der Waals surface area (Å²) in [5.41, 5.74) is 2.79. The van der Waals surface area contributed by atoms with E-state index in [2.05, 4.69) is 0 Å². The van der Waals surface area contributed by atoms with Gasteiger partial charge in [-0.2, -0.15) is 0 Å². The quantitative estimate of drug-likeness (QED) is 0.139. The Hall–Kier alpha value is -4.38. The Morgan fingerprint density at radius 2 is 1.02 bits per heavy atom. The van der Waals surface area contributed by atoms with Crippen LogP contribution in [0.25, 0.3) is 0 Å². The van der Waals surface area contributed by atoms with E-state index < -0.39 is 48.7 Å². The molecule has 2 heterocycles. The van der Waals surface area contributed by atoms with Crippen LogP contribution in [0.4, 0.5) is 0 Å². The van der Waals surface area contributed by atoms with Crippen molar-refractivity contribution < 1.29 is 42.7 Å². The molecule has 2 saturated heterocycles. The third-order valence-corrected chi connectivity index (χ3v) is 8.71. The maximum atomic E-state index is 13.3. The molecule has 6 rings (SSSR count). The minimum Gasteiger partial charge on any atom is -0.452 e. The molecule has 256 valence electrons. The molecule has 0 aromatic heterocycles. The van der Waals surface area contributed by atoms with Gasteiger partial charge in [0.1, 0.15) is 24.4 Å². The van der Waals surface area contributed by atoms with Gasteiger partial charge in [0.2, 0.25) is 0 Å². The van der Waals surface area contributed by atoms with Crippen LogP contribution in [0.1, 0.15) is 52.1 Å². The topological polar surface area (TPSA) is 98.8 Å². The number of rotatable bonds is 14. The summed E-state index contributed by atoms with van der Waals surface area (Å²) in [7, 11) is 0. The van der Waals surface area contributed by atoms with Crippen LogP contribution in [-0.2, 0) is 46.4 Å². The van der Waals surface area contributed by atoms with Gasteiger partial charge >= 0.3 is 11.9 Å². The second-order valence-electron chi connectivity index (χ2n) is 12.2. The molecule has 9 nitrogen and oxygen atoms in total. The molecule has 4 aromatic rings. The minimum atomic E-state index is -1.04. The summed E-state index contributed by atoms with van der Waals surface area (Å²) < 4.78 is 43.9. The zero-order valence-electron chi connectivity index (χ0n) is 27.7. The summed E-state index contributed by atoms with van der Waals surface area (Å²) in [6.07, 6.45) is -4.76. The van der Waals surface area contributed by atoms with Crippen LogP contribution in [0.15, 0.2) is 121 Å². The molecule has 0 radical (unpaired) electrons. The normalized spacial score (nSPS) is 26.3. The molecule has 0 bridgehead atoms. The van der Waals surface area contributed by atoms with E-state index in [-0.39, 0.29) is 18.8 Å². The fourth-order valence-corrected chi connectivity index (χ4v) is 6.15. The van der Waals surface area contributed by atoms with Gasteiger partial charge in [-0.1, -0.05) is 104 Å². The molecule has 0 aliphatic carbocycles. The zero-order chi connectivity index (χ0) is 34.0. The van der Waals surface area contributed by atoms with Gasteiger partial charge in [0.25, 0.3) is 0 Å². The average molecular weight is 667 g/mol. The lowest BCUT2D eigenvalue weighted by atomic mass is 10.1. The van der Waals surface area contributed by atoms with Crippen molar-refractivity contribution in [1.82, 2.24) is 0 Å². The molecule has 0 saturated carbocycles. The van der Waals surface area contributed by atoms with E-state index >= 15 is 0 Å². The zero-order valence-corrected chi connectivity index (χ0v) is 27.7. The van der Waals surface area contributed by atoms with Gasteiger partial charge in [0.05, 0.1) is 37.1 Å². The molecule has 2 aliphatic heterocycles. The first kappa shape index (κ1) is 34.5. The Labute approximate surface area is 287 Å². The van der Waals surface area contributed by atoms with Crippen molar-refractivity contribution in [3.8, 4) is 0 Å². The first-order valence-corrected chi connectivity index (χ1v) is 16.8. The molecule has 49 heavy (non-hydrogen) atoms. The fraction of sp³-hybridized carbons (Fsp3) is 0.350. The maximum absolute atomic E-state index is 13.3. The van der Waals surface area contributed by atoms with Crippen molar-refractivity contribution in [2.75, 3.05) is 6.61 Å². The summed E-state index contributed by atoms with van der Waals surface area (Å²) >= 11 is 0. The van der Waals surface area contributed by atoms with Gasteiger partial charge in [-0.3, -0.25) is 0 Å². The largest absolute Gasteiger partial charge is 0.452 e. The van der Waals surface area contributed by atoms with Crippen molar-refractivity contribution in [3.63, 3.8) is 0 Å². The summed E-state index contributed by atoms with van der Waals surface area (Å²) in [5.74, 6) is -1.13. The number of hydrogen-bond donors (Lipinski definition) is 0. The molecule has 0 amide bonds. The molecule has 0 N–H and O–H groups in total. The van der Waals surface area contributed by atoms with Crippen molar-refractivity contribution in [1.29, 1.82) is 0 Å². The highest BCUT2D eigenvalue weighted by Crippen LogP contribution is 2.33. The molecule has 4 aromatic carbocycles. The number of esters is 2. The molecular weight excluding hydrogens is 624 g/mol. The Morgan fingerprint density at radius 1 is 0.551 bits per heavy atom. The van der Waals surface area contributed by atoms with E-state index in [1.165, 1.54) is 0 Å². The number of ether oxygens (including phenoxy) is 7. The molecule has 0 spiro atoms. The van der Waals surface area contributed by atoms with E-state index in [1.807, 2.05) is 86.6 Å². The van der Waals surface area contributed by atoms with Crippen LogP contribution < -0.4 is 0 Å². The number of carbonyl (C=O) groups excluding carboxylic acids is 2. The first-order chi connectivity index (χ1) is 24.0. The van der Waals surface area contributed by atoms with Gasteiger partial charge in [0, 0.05) is 0 Å². The van der Waals surface area contributed by atoms with E-state index in [1.54, 1.807) is 48.5 Å². The molecule has 2 aliphatic rings. The third-order valence-electron chi connectivity index (χ3n) is 8.71. The van der Waals surface area contributed by atoms with Gasteiger partial charge in [-0.25, -0.2) is 9.59 Å². The summed E-state index contributed by atoms with van der Waals surface area (Å²) in [6.45, 7) is 4.67. The van der Waals surface area contributed by atoms with Gasteiger partial charge in [-0.05, 0) is 48.7 Å². The lowest BCUT2D eigenvalue weighted by Gasteiger charge is -2.27. The van der Waals surface area contributed by atoms with E-state index in [9.17, 15) is 9.59 Å². The highest BCUT2D eigenvalue weighted by Gasteiger charge is 2.51. The Kier molecular flexibility index (Phi) is 11.8. The number of hydrogen-bond acceptors (Lipinski definition) is 9. The monoisotopic (exact) mass is 666 g/mol. The van der Waals surface area contributed by atoms with Crippen molar-refractivity contribution in [3.05, 3.63) is 144 Å². The Bertz CT molecular complexity index is 1600. The van der Waals surface area contributed by atoms with Crippen LogP contribution in [0.5, 0.6) is 0 Å². The molecule has 2 fully saturated rings. The van der Waals surface area contributed by atoms with Crippen molar-refractivity contribution in [2.24, 2.45) is 0 Å². The van der Waals surface area contributed by atoms with Gasteiger partial charge in [0.15, 0.2) is 18.5 Å². The second-order valence-corrected chi connectivity index (χ2v) is 12.2. The first-order valence-electron chi connectivity index (χ1n) is 16.8. The number of benzene rings is 4. The summed E-state index contributed by atoms with van der Waals surface area (Å²) in [4.78, 5) is 26.5. The molecule has 2 unspecified atom stereocenters. The van der Waals surface area contributed by atoms with Gasteiger partial charge < -0.3 is 33.2 Å². The van der Waals surface area contributed by atoms with Gasteiger partial charge in [-0.15, -0.1) is 0 Å². The summed E-state index contributed by atoms with van der Waals surface area (Å²) in [5, 5.41) is 0. The van der Waals surface area contributed by atoms with Crippen molar-refractivity contribution >= 4 is 11.9 Å². The van der Waals surface area contributed by atoms with Crippen LogP contribution >= 0.6 is 0 Å². The maximum Gasteiger partial charge on any atom is 0.338 e. The van der Waals surface area contributed by atoms with E-state index in [0.717, 1.165) is 11.1 Å². The van der Waals surface area contributed by atoms with Crippen molar-refractivity contribution in [2.45, 2.75) is 82.5 Å². The Morgan fingerprint density at radius 3 is 1.53 bits per heavy atom. The third kappa shape index (κ3) is 8.81. The van der Waals surface area contributed by atoms with E-state index in [0.29, 0.717) is 30.8 Å². The SMILES string of the molecule is CC[C@@H]1O[C@@H](OC[C@@H]2O[C@H](C)[C@@H](OCc3ccccc3)C2OCc2ccccc2)[C@@H](OC(=O)c2ccccc2)C1OC(=O)c1ccccc1. The highest BCUT2D eigenvalue weighted by molar-refractivity contribution is 5.90. The highest BCUT2D eigenvalue weighted by atomic mass is 16.7. The smallest absolute Gasteiger partial charge is 0.338 e. The standard InChI is InChI=1S/C40H42O9/c1-3-32-36(48-38(41)30-20-12-6-13-21-30)37(49-39(42)31-22-14-7-15-23-31)40(47-32)45-26-33-35(44-25-29-18-10-5-11-19-29)34(27(2)46-33)43-24-28-16-8-4-9-17-28/h4-23,27,32-37,40H,3,24-26H2,1-2H3/t27-,32+,33+,34-,35?,36?,37+,40-/m1/s1. The molecular formula is C40H42O9. The molecule has 9 heteroatoms. The van der Waals surface area contributed by atoms with Crippen LogP contribution in [-0.4, -0.2) is 67.6 Å². The number of carbonyl (C=O) groups is 2. The predicted octanol–water partition coefficient (Wildman–Crippen LogP) is 6.55. The minimum absolute atomic E-state index is 0.0504. The van der Waals surface area contributed by atoms with E-state index in [4.69, 9.17) is 33.2 Å². The lowest BCUT2D eigenvalue weighted by molar-refractivity contribution is -0.189. The van der Waals surface area contributed by atoms with Crippen LogP contribution in [0, 0.1) is 0 Å². The predicted molar refractivity (Wildman–Crippen MR) is 181 cm³/mol. The lowest BCUT2D eigenvalue weighted by Crippen LogP contribution is -2.43. The summed E-state index contributed by atoms with van der Waals surface area (Å²) in [6, 6.07) is 37.2. The Balaban J connectivity index is 1.20. The fourth-order valence-electron chi connectivity index (χ4n) is 6.15. The van der Waals surface area contributed by atoms with Crippen LogP contribution in [0.3, 0.4) is 0 Å².